The number of hydrogen-bond acceptors (Lipinski definition) is 3. The molecule has 3 rings (SSSR count). The fraction of sp³-hybridized carbons (Fsp3) is 0.529. The molecule has 7 heteroatoms. The summed E-state index contributed by atoms with van der Waals surface area (Å²) >= 11 is 0. The molecule has 2 atom stereocenters. The highest BCUT2D eigenvalue weighted by Gasteiger charge is 2.54. The first kappa shape index (κ1) is 16.8. The van der Waals surface area contributed by atoms with E-state index in [9.17, 15) is 18.0 Å². The van der Waals surface area contributed by atoms with Gasteiger partial charge in [0, 0.05) is 13.1 Å². The van der Waals surface area contributed by atoms with Crippen molar-refractivity contribution >= 4 is 5.91 Å². The van der Waals surface area contributed by atoms with Crippen LogP contribution in [0.1, 0.15) is 24.0 Å². The lowest BCUT2D eigenvalue weighted by molar-refractivity contribution is -0.183. The molecular formula is C17H18F3N3O. The fourth-order valence-electron chi connectivity index (χ4n) is 3.42. The minimum Gasteiger partial charge on any atom is -0.346 e. The molecule has 24 heavy (non-hydrogen) atoms. The summed E-state index contributed by atoms with van der Waals surface area (Å²) in [6.07, 6.45) is -3.04. The molecule has 0 radical (unpaired) electrons. The van der Waals surface area contributed by atoms with Crippen molar-refractivity contribution in [2.75, 3.05) is 20.1 Å². The molecule has 0 bridgehead atoms. The monoisotopic (exact) mass is 337 g/mol. The van der Waals surface area contributed by atoms with Crippen LogP contribution in [0.2, 0.25) is 0 Å². The number of amides is 1. The van der Waals surface area contributed by atoms with Gasteiger partial charge in [0.15, 0.2) is 0 Å². The smallest absolute Gasteiger partial charge is 0.346 e. The van der Waals surface area contributed by atoms with E-state index >= 15 is 0 Å². The predicted molar refractivity (Wildman–Crippen MR) is 80.7 cm³/mol. The number of likely N-dealkylation sites (tertiary alicyclic amines) is 1. The second-order valence-corrected chi connectivity index (χ2v) is 6.74. The molecule has 1 N–H and O–H groups in total. The van der Waals surface area contributed by atoms with Crippen LogP contribution >= 0.6 is 0 Å². The minimum absolute atomic E-state index is 0.102. The van der Waals surface area contributed by atoms with Crippen molar-refractivity contribution in [3.05, 3.63) is 35.4 Å². The van der Waals surface area contributed by atoms with Gasteiger partial charge < -0.3 is 10.2 Å². The number of benzene rings is 1. The Balaban J connectivity index is 1.78. The van der Waals surface area contributed by atoms with E-state index in [2.05, 4.69) is 5.32 Å². The molecular weight excluding hydrogens is 319 g/mol. The fourth-order valence-corrected chi connectivity index (χ4v) is 3.42. The summed E-state index contributed by atoms with van der Waals surface area (Å²) in [7, 11) is 1.59. The quantitative estimate of drug-likeness (QED) is 0.921. The van der Waals surface area contributed by atoms with Gasteiger partial charge in [0.05, 0.1) is 29.0 Å². The summed E-state index contributed by atoms with van der Waals surface area (Å²) in [5.74, 6) is -3.28. The molecule has 1 aliphatic carbocycles. The van der Waals surface area contributed by atoms with Crippen molar-refractivity contribution < 1.29 is 18.0 Å². The van der Waals surface area contributed by atoms with E-state index in [0.29, 0.717) is 18.4 Å². The Hall–Kier alpha value is -2.07. The van der Waals surface area contributed by atoms with Crippen molar-refractivity contribution in [3.63, 3.8) is 0 Å². The van der Waals surface area contributed by atoms with E-state index in [4.69, 9.17) is 5.26 Å². The lowest BCUT2D eigenvalue weighted by Crippen LogP contribution is -2.44. The first-order valence-electron chi connectivity index (χ1n) is 7.83. The number of nitriles is 1. The van der Waals surface area contributed by atoms with Gasteiger partial charge >= 0.3 is 6.18 Å². The molecule has 1 saturated heterocycles. The van der Waals surface area contributed by atoms with E-state index in [1.807, 2.05) is 6.07 Å². The topological polar surface area (TPSA) is 56.1 Å². The zero-order valence-electron chi connectivity index (χ0n) is 13.2. The van der Waals surface area contributed by atoms with Crippen LogP contribution in [0.3, 0.4) is 0 Å². The van der Waals surface area contributed by atoms with Crippen molar-refractivity contribution in [2.24, 2.45) is 11.8 Å². The third kappa shape index (κ3) is 3.11. The Kier molecular flexibility index (Phi) is 4.04. The second-order valence-electron chi connectivity index (χ2n) is 6.74. The van der Waals surface area contributed by atoms with Crippen molar-refractivity contribution in [1.29, 1.82) is 5.26 Å². The molecule has 2 fully saturated rings. The zero-order valence-corrected chi connectivity index (χ0v) is 13.2. The summed E-state index contributed by atoms with van der Waals surface area (Å²) in [6, 6.07) is 8.92. The first-order chi connectivity index (χ1) is 11.2. The van der Waals surface area contributed by atoms with Crippen LogP contribution < -0.4 is 5.32 Å². The Morgan fingerprint density at radius 3 is 2.67 bits per heavy atom. The zero-order chi connectivity index (χ0) is 17.5. The highest BCUT2D eigenvalue weighted by atomic mass is 19.4. The van der Waals surface area contributed by atoms with E-state index in [1.54, 1.807) is 31.3 Å². The van der Waals surface area contributed by atoms with Gasteiger partial charge in [-0.2, -0.15) is 18.4 Å². The Morgan fingerprint density at radius 1 is 1.38 bits per heavy atom. The van der Waals surface area contributed by atoms with Gasteiger partial charge in [-0.25, -0.2) is 0 Å². The molecule has 0 spiro atoms. The molecule has 2 aliphatic rings. The van der Waals surface area contributed by atoms with Crippen LogP contribution in [0.15, 0.2) is 24.3 Å². The minimum atomic E-state index is -4.38. The summed E-state index contributed by atoms with van der Waals surface area (Å²) in [5, 5.41) is 11.8. The number of rotatable bonds is 3. The number of alkyl halides is 3. The van der Waals surface area contributed by atoms with Crippen LogP contribution in [0, 0.1) is 23.2 Å². The van der Waals surface area contributed by atoms with Gasteiger partial charge in [0.1, 0.15) is 0 Å². The molecule has 1 heterocycles. The lowest BCUT2D eigenvalue weighted by atomic mass is 9.93. The highest BCUT2D eigenvalue weighted by Crippen LogP contribution is 2.46. The molecule has 1 aliphatic heterocycles. The Morgan fingerprint density at radius 2 is 2.08 bits per heavy atom. The third-order valence-corrected chi connectivity index (χ3v) is 4.92. The molecule has 1 aromatic rings. The molecule has 1 amide bonds. The Bertz CT molecular complexity index is 691. The Labute approximate surface area is 138 Å². The average molecular weight is 337 g/mol. The summed E-state index contributed by atoms with van der Waals surface area (Å²) in [6.45, 7) is -0.0527. The molecule has 0 unspecified atom stereocenters. The maximum absolute atomic E-state index is 13.2. The predicted octanol–water partition coefficient (Wildman–Crippen LogP) is 2.40. The van der Waals surface area contributed by atoms with Crippen LogP contribution in [-0.4, -0.2) is 37.1 Å². The van der Waals surface area contributed by atoms with E-state index in [-0.39, 0.29) is 13.1 Å². The van der Waals surface area contributed by atoms with Gasteiger partial charge in [-0.15, -0.1) is 0 Å². The number of carbonyl (C=O) groups excluding carboxylic acids is 1. The van der Waals surface area contributed by atoms with Gasteiger partial charge in [-0.3, -0.25) is 4.79 Å². The normalized spacial score (nSPS) is 26.0. The average Bonchev–Trinajstić information content (AvgIpc) is 3.19. The molecule has 1 aromatic carbocycles. The first-order valence-corrected chi connectivity index (χ1v) is 7.83. The van der Waals surface area contributed by atoms with Crippen molar-refractivity contribution in [1.82, 2.24) is 10.2 Å². The standard InChI is InChI=1S/C17H18F3N3O/c1-23-9-13(14(10-23)17(18,19)20)15(24)22-16(5-6-16)12-4-2-3-11(7-12)8-21/h2-4,7,13-14H,5-6,9-10H2,1H3,(H,22,24)/t13-,14-/m1/s1. The molecule has 1 saturated carbocycles. The largest absolute Gasteiger partial charge is 0.393 e. The number of nitrogens with one attached hydrogen (secondary N) is 1. The van der Waals surface area contributed by atoms with E-state index in [1.165, 1.54) is 4.90 Å². The molecule has 0 aromatic heterocycles. The van der Waals surface area contributed by atoms with Gasteiger partial charge in [-0.05, 0) is 37.6 Å². The summed E-state index contributed by atoms with van der Waals surface area (Å²) < 4.78 is 39.5. The van der Waals surface area contributed by atoms with Crippen molar-refractivity contribution in [3.8, 4) is 6.07 Å². The lowest BCUT2D eigenvalue weighted by Gasteiger charge is -2.24. The number of hydrogen-bond donors (Lipinski definition) is 1. The number of carbonyl (C=O) groups is 1. The summed E-state index contributed by atoms with van der Waals surface area (Å²) in [4.78, 5) is 14.1. The number of nitrogens with zero attached hydrogens (tertiary/aromatic N) is 2. The van der Waals surface area contributed by atoms with Gasteiger partial charge in [0.25, 0.3) is 0 Å². The number of halogens is 3. The van der Waals surface area contributed by atoms with Crippen LogP contribution in [0.4, 0.5) is 13.2 Å². The maximum Gasteiger partial charge on any atom is 0.393 e. The van der Waals surface area contributed by atoms with E-state index < -0.39 is 29.5 Å². The van der Waals surface area contributed by atoms with Crippen LogP contribution in [-0.2, 0) is 10.3 Å². The highest BCUT2D eigenvalue weighted by molar-refractivity contribution is 5.81. The molecule has 4 nitrogen and oxygen atoms in total. The second kappa shape index (κ2) is 5.78. The molecule has 128 valence electrons. The summed E-state index contributed by atoms with van der Waals surface area (Å²) in [5.41, 5.74) is 0.632. The van der Waals surface area contributed by atoms with Crippen molar-refractivity contribution in [2.45, 2.75) is 24.6 Å². The van der Waals surface area contributed by atoms with Crippen LogP contribution in [0.25, 0.3) is 0 Å². The maximum atomic E-state index is 13.2. The van der Waals surface area contributed by atoms with Gasteiger partial charge in [0.2, 0.25) is 5.91 Å². The van der Waals surface area contributed by atoms with E-state index in [0.717, 1.165) is 5.56 Å². The van der Waals surface area contributed by atoms with Crippen LogP contribution in [0.5, 0.6) is 0 Å². The third-order valence-electron chi connectivity index (χ3n) is 4.92. The van der Waals surface area contributed by atoms with Gasteiger partial charge in [-0.1, -0.05) is 12.1 Å². The SMILES string of the molecule is CN1C[C@@H](C(F)(F)F)[C@H](C(=O)NC2(c3cccc(C#N)c3)CC2)C1.